The first-order valence-electron chi connectivity index (χ1n) is 13.9. The number of phenols is 2. The molecule has 0 heterocycles. The molecule has 0 aliphatic carbocycles. The molecule has 4 aromatic rings. The Hall–Kier alpha value is -3.92. The average molecular weight is 523 g/mol. The molecule has 0 fully saturated rings. The zero-order chi connectivity index (χ0) is 28.2. The van der Waals surface area contributed by atoms with E-state index in [1.54, 1.807) is 0 Å². The predicted molar refractivity (Wildman–Crippen MR) is 164 cm³/mol. The summed E-state index contributed by atoms with van der Waals surface area (Å²) in [5.41, 5.74) is 7.80. The minimum absolute atomic E-state index is 0.339. The maximum atomic E-state index is 11.0. The molecule has 0 bridgehead atoms. The van der Waals surface area contributed by atoms with Crippen LogP contribution in [0.15, 0.2) is 84.9 Å². The van der Waals surface area contributed by atoms with E-state index >= 15 is 0 Å². The summed E-state index contributed by atoms with van der Waals surface area (Å²) in [4.78, 5) is 4.55. The molecule has 0 amide bonds. The number of hydrogen-bond donors (Lipinski definition) is 2. The van der Waals surface area contributed by atoms with Gasteiger partial charge < -0.3 is 20.0 Å². The van der Waals surface area contributed by atoms with Gasteiger partial charge in [0.15, 0.2) is 0 Å². The van der Waals surface area contributed by atoms with Crippen LogP contribution in [0.5, 0.6) is 11.5 Å². The molecule has 0 aliphatic rings. The predicted octanol–water partition coefficient (Wildman–Crippen LogP) is 8.09. The van der Waals surface area contributed by atoms with Gasteiger partial charge in [-0.05, 0) is 86.3 Å². The Labute approximate surface area is 234 Å². The normalized spacial score (nSPS) is 11.4. The number of phenolic OH excluding ortho intramolecular Hbond substituents is 2. The Balaban J connectivity index is 1.71. The molecule has 0 saturated carbocycles. The van der Waals surface area contributed by atoms with Crippen molar-refractivity contribution >= 4 is 11.4 Å². The van der Waals surface area contributed by atoms with Gasteiger partial charge in [0.25, 0.3) is 0 Å². The molecule has 0 atom stereocenters. The number of aryl methyl sites for hydroxylation is 2. The highest BCUT2D eigenvalue weighted by Crippen LogP contribution is 2.39. The van der Waals surface area contributed by atoms with Crippen LogP contribution in [0.2, 0.25) is 0 Å². The molecule has 4 aromatic carbocycles. The van der Waals surface area contributed by atoms with Crippen LogP contribution in [-0.4, -0.2) is 23.3 Å². The third-order valence-corrected chi connectivity index (χ3v) is 7.93. The first-order valence-corrected chi connectivity index (χ1v) is 13.9. The van der Waals surface area contributed by atoms with Gasteiger partial charge in [0.05, 0.1) is 0 Å². The van der Waals surface area contributed by atoms with Crippen molar-refractivity contribution in [2.75, 3.05) is 22.9 Å². The third kappa shape index (κ3) is 6.06. The van der Waals surface area contributed by atoms with Crippen LogP contribution in [-0.2, 0) is 18.5 Å². The highest BCUT2D eigenvalue weighted by atomic mass is 16.3. The summed E-state index contributed by atoms with van der Waals surface area (Å²) in [5.74, 6) is 0.709. The van der Waals surface area contributed by atoms with Gasteiger partial charge in [0, 0.05) is 54.1 Å². The van der Waals surface area contributed by atoms with E-state index in [0.717, 1.165) is 57.8 Å². The van der Waals surface area contributed by atoms with Crippen molar-refractivity contribution in [1.82, 2.24) is 0 Å². The van der Waals surface area contributed by atoms with E-state index in [2.05, 4.69) is 86.0 Å². The first-order chi connectivity index (χ1) is 18.6. The van der Waals surface area contributed by atoms with Crippen molar-refractivity contribution in [3.8, 4) is 11.5 Å². The van der Waals surface area contributed by atoms with Crippen molar-refractivity contribution in [3.05, 3.63) is 118 Å². The summed E-state index contributed by atoms with van der Waals surface area (Å²) >= 11 is 0. The molecule has 0 saturated heterocycles. The molecule has 0 spiro atoms. The van der Waals surface area contributed by atoms with Gasteiger partial charge in [-0.25, -0.2) is 0 Å². The van der Waals surface area contributed by atoms with Gasteiger partial charge in [-0.1, -0.05) is 62.4 Å². The molecule has 0 aromatic heterocycles. The van der Waals surface area contributed by atoms with Gasteiger partial charge in [0.2, 0.25) is 0 Å². The summed E-state index contributed by atoms with van der Waals surface area (Å²) in [6.45, 7) is 15.6. The standard InChI is InChI=1S/C35H42N2O2/c1-7-36(31-15-11-9-12-16-31)23-27-21-29(19-25(3)33(27)38)35(5,6)30-20-26(4)34(39)28(22-30)24-37(8-2)32-17-13-10-14-18-32/h9-22,38-39H,7-8,23-24H2,1-6H3. The van der Waals surface area contributed by atoms with Gasteiger partial charge in [-0.2, -0.15) is 0 Å². The van der Waals surface area contributed by atoms with E-state index in [-0.39, 0.29) is 5.41 Å². The molecule has 204 valence electrons. The molecule has 0 unspecified atom stereocenters. The Morgan fingerprint density at radius 1 is 0.590 bits per heavy atom. The monoisotopic (exact) mass is 522 g/mol. The quantitative estimate of drug-likeness (QED) is 0.221. The molecule has 0 aliphatic heterocycles. The number of rotatable bonds is 10. The number of aromatic hydroxyl groups is 2. The van der Waals surface area contributed by atoms with Crippen LogP contribution in [0.25, 0.3) is 0 Å². The molecule has 2 N–H and O–H groups in total. The van der Waals surface area contributed by atoms with Crippen LogP contribution in [0.1, 0.15) is 61.1 Å². The second-order valence-electron chi connectivity index (χ2n) is 10.9. The fraction of sp³-hybridized carbons (Fsp3) is 0.314. The lowest BCUT2D eigenvalue weighted by molar-refractivity contribution is 0.461. The smallest absolute Gasteiger partial charge is 0.123 e. The van der Waals surface area contributed by atoms with Crippen molar-refractivity contribution in [1.29, 1.82) is 0 Å². The number of benzene rings is 4. The van der Waals surface area contributed by atoms with Crippen LogP contribution in [0.3, 0.4) is 0 Å². The molecular formula is C35H42N2O2. The van der Waals surface area contributed by atoms with Crippen LogP contribution in [0.4, 0.5) is 11.4 Å². The fourth-order valence-electron chi connectivity index (χ4n) is 5.29. The summed E-state index contributed by atoms with van der Waals surface area (Å²) < 4.78 is 0. The van der Waals surface area contributed by atoms with Crippen LogP contribution >= 0.6 is 0 Å². The fourth-order valence-corrected chi connectivity index (χ4v) is 5.29. The molecular weight excluding hydrogens is 480 g/mol. The third-order valence-electron chi connectivity index (χ3n) is 7.93. The largest absolute Gasteiger partial charge is 0.507 e. The van der Waals surface area contributed by atoms with Crippen molar-refractivity contribution in [2.45, 2.75) is 60.0 Å². The van der Waals surface area contributed by atoms with Gasteiger partial charge in [0.1, 0.15) is 11.5 Å². The number of hydrogen-bond acceptors (Lipinski definition) is 4. The highest BCUT2D eigenvalue weighted by Gasteiger charge is 2.27. The molecule has 4 nitrogen and oxygen atoms in total. The topological polar surface area (TPSA) is 46.9 Å². The van der Waals surface area contributed by atoms with Crippen LogP contribution < -0.4 is 9.80 Å². The summed E-state index contributed by atoms with van der Waals surface area (Å²) in [7, 11) is 0. The lowest BCUT2D eigenvalue weighted by Crippen LogP contribution is -2.25. The zero-order valence-corrected chi connectivity index (χ0v) is 24.2. The zero-order valence-electron chi connectivity index (χ0n) is 24.2. The lowest BCUT2D eigenvalue weighted by atomic mass is 9.76. The Morgan fingerprint density at radius 2 is 0.949 bits per heavy atom. The summed E-state index contributed by atoms with van der Waals surface area (Å²) in [6.07, 6.45) is 0. The maximum Gasteiger partial charge on any atom is 0.123 e. The van der Waals surface area contributed by atoms with Gasteiger partial charge in [-0.3, -0.25) is 0 Å². The van der Waals surface area contributed by atoms with Crippen LogP contribution in [0, 0.1) is 13.8 Å². The second-order valence-corrected chi connectivity index (χ2v) is 10.9. The summed E-state index contributed by atoms with van der Waals surface area (Å²) in [5, 5.41) is 22.1. The van der Waals surface area contributed by atoms with E-state index in [1.807, 2.05) is 50.2 Å². The van der Waals surface area contributed by atoms with E-state index in [4.69, 9.17) is 0 Å². The first kappa shape index (κ1) is 28.1. The maximum absolute atomic E-state index is 11.0. The summed E-state index contributed by atoms with van der Waals surface area (Å²) in [6, 6.07) is 29.2. The lowest BCUT2D eigenvalue weighted by Gasteiger charge is -2.31. The molecule has 4 rings (SSSR count). The molecule has 39 heavy (non-hydrogen) atoms. The Kier molecular flexibility index (Phi) is 8.54. The number of para-hydroxylation sites is 2. The SMILES string of the molecule is CCN(Cc1cc(C(C)(C)c2cc(C)c(O)c(CN(CC)c3ccccc3)c2)cc(C)c1O)c1ccccc1. The van der Waals surface area contributed by atoms with Crippen molar-refractivity contribution < 1.29 is 10.2 Å². The van der Waals surface area contributed by atoms with E-state index < -0.39 is 0 Å². The molecule has 0 radical (unpaired) electrons. The molecule has 4 heteroatoms. The van der Waals surface area contributed by atoms with E-state index in [1.165, 1.54) is 0 Å². The minimum Gasteiger partial charge on any atom is -0.507 e. The number of nitrogens with zero attached hydrogens (tertiary/aromatic N) is 2. The Morgan fingerprint density at radius 3 is 1.28 bits per heavy atom. The highest BCUT2D eigenvalue weighted by molar-refractivity contribution is 5.55. The second kappa shape index (κ2) is 11.9. The number of anilines is 2. The van der Waals surface area contributed by atoms with Crippen molar-refractivity contribution in [3.63, 3.8) is 0 Å². The van der Waals surface area contributed by atoms with E-state index in [9.17, 15) is 10.2 Å². The average Bonchev–Trinajstić information content (AvgIpc) is 2.95. The Bertz CT molecular complexity index is 1290. The minimum atomic E-state index is -0.339. The van der Waals surface area contributed by atoms with Crippen molar-refractivity contribution in [2.24, 2.45) is 0 Å². The van der Waals surface area contributed by atoms with Gasteiger partial charge >= 0.3 is 0 Å². The van der Waals surface area contributed by atoms with Gasteiger partial charge in [-0.15, -0.1) is 0 Å². The van der Waals surface area contributed by atoms with E-state index in [0.29, 0.717) is 24.6 Å².